The van der Waals surface area contributed by atoms with Crippen LogP contribution in [0.25, 0.3) is 11.4 Å². The quantitative estimate of drug-likeness (QED) is 0.649. The Balaban J connectivity index is 2.48. The fraction of sp³-hybridized carbons (Fsp3) is 0.111. The maximum Gasteiger partial charge on any atom is 0.162 e. The molecule has 0 spiro atoms. The van der Waals surface area contributed by atoms with Gasteiger partial charge in [-0.25, -0.2) is 19.9 Å². The fourth-order valence-corrected chi connectivity index (χ4v) is 1.00. The number of hydrogen-bond donors (Lipinski definition) is 0. The first-order chi connectivity index (χ1) is 6.36. The summed E-state index contributed by atoms with van der Waals surface area (Å²) in [6.07, 6.45) is 6.60. The lowest BCUT2D eigenvalue weighted by Gasteiger charge is -1.98. The van der Waals surface area contributed by atoms with Gasteiger partial charge in [0, 0.05) is 24.3 Å². The summed E-state index contributed by atoms with van der Waals surface area (Å²) in [6.45, 7) is 1.93. The van der Waals surface area contributed by atoms with Crippen molar-refractivity contribution in [2.24, 2.45) is 0 Å². The van der Waals surface area contributed by atoms with Crippen molar-refractivity contribution in [3.63, 3.8) is 0 Å². The van der Waals surface area contributed by atoms with Crippen LogP contribution in [0.5, 0.6) is 0 Å². The zero-order valence-corrected chi connectivity index (χ0v) is 7.18. The summed E-state index contributed by atoms with van der Waals surface area (Å²) >= 11 is 0. The van der Waals surface area contributed by atoms with Gasteiger partial charge in [0.05, 0.1) is 5.56 Å². The van der Waals surface area contributed by atoms with Gasteiger partial charge in [-0.15, -0.1) is 0 Å². The van der Waals surface area contributed by atoms with Gasteiger partial charge in [-0.05, 0) is 13.0 Å². The van der Waals surface area contributed by atoms with E-state index in [9.17, 15) is 0 Å². The van der Waals surface area contributed by atoms with E-state index in [2.05, 4.69) is 19.9 Å². The fourth-order valence-electron chi connectivity index (χ4n) is 1.00. The van der Waals surface area contributed by atoms with Crippen molar-refractivity contribution in [3.8, 4) is 11.4 Å². The molecule has 0 N–H and O–H groups in total. The van der Waals surface area contributed by atoms with E-state index in [4.69, 9.17) is 0 Å². The number of aromatic nitrogens is 4. The molecule has 2 rings (SSSR count). The van der Waals surface area contributed by atoms with Crippen molar-refractivity contribution in [1.29, 1.82) is 0 Å². The van der Waals surface area contributed by atoms with E-state index >= 15 is 0 Å². The molecule has 64 valence electrons. The third-order valence-corrected chi connectivity index (χ3v) is 1.61. The molecule has 0 amide bonds. The highest BCUT2D eigenvalue weighted by atomic mass is 14.9. The average Bonchev–Trinajstić information content (AvgIpc) is 2.19. The zero-order chi connectivity index (χ0) is 9.10. The summed E-state index contributed by atoms with van der Waals surface area (Å²) in [6, 6.07) is 1.85. The second-order valence-corrected chi connectivity index (χ2v) is 2.65. The highest BCUT2D eigenvalue weighted by molar-refractivity contribution is 5.51. The first kappa shape index (κ1) is 7.79. The van der Waals surface area contributed by atoms with Crippen molar-refractivity contribution in [2.45, 2.75) is 6.92 Å². The predicted molar refractivity (Wildman–Crippen MR) is 47.8 cm³/mol. The van der Waals surface area contributed by atoms with Crippen molar-refractivity contribution in [3.05, 3.63) is 36.7 Å². The highest BCUT2D eigenvalue weighted by Gasteiger charge is 1.99. The molecule has 4 nitrogen and oxygen atoms in total. The van der Waals surface area contributed by atoms with Crippen molar-refractivity contribution in [2.75, 3.05) is 0 Å². The topological polar surface area (TPSA) is 51.6 Å². The van der Waals surface area contributed by atoms with Crippen molar-refractivity contribution >= 4 is 0 Å². The SMILES string of the molecule is Cc1ccnc(-c2cncnc2)n1. The minimum Gasteiger partial charge on any atom is -0.244 e. The Labute approximate surface area is 75.7 Å². The van der Waals surface area contributed by atoms with E-state index < -0.39 is 0 Å². The highest BCUT2D eigenvalue weighted by Crippen LogP contribution is 2.10. The van der Waals surface area contributed by atoms with Crippen LogP contribution in [0.15, 0.2) is 31.0 Å². The molecular formula is C9H8N4. The van der Waals surface area contributed by atoms with E-state index in [1.165, 1.54) is 6.33 Å². The Morgan fingerprint density at radius 1 is 1.15 bits per heavy atom. The molecule has 2 heterocycles. The Kier molecular flexibility index (Phi) is 1.96. The van der Waals surface area contributed by atoms with Crippen LogP contribution in [0.4, 0.5) is 0 Å². The maximum absolute atomic E-state index is 4.25. The van der Waals surface area contributed by atoms with Crippen molar-refractivity contribution < 1.29 is 0 Å². The van der Waals surface area contributed by atoms with Crippen LogP contribution in [0, 0.1) is 6.92 Å². The lowest BCUT2D eigenvalue weighted by molar-refractivity contribution is 1.09. The molecule has 0 aliphatic carbocycles. The van der Waals surface area contributed by atoms with Gasteiger partial charge in [0.25, 0.3) is 0 Å². The molecule has 2 aromatic rings. The molecule has 0 unspecified atom stereocenters. The molecule has 0 atom stereocenters. The van der Waals surface area contributed by atoms with Crippen LogP contribution in [0.2, 0.25) is 0 Å². The van der Waals surface area contributed by atoms with Crippen LogP contribution in [0.3, 0.4) is 0 Å². The smallest absolute Gasteiger partial charge is 0.162 e. The minimum absolute atomic E-state index is 0.667. The molecule has 2 aromatic heterocycles. The maximum atomic E-state index is 4.25. The standard InChI is InChI=1S/C9H8N4/c1-7-2-3-12-9(13-7)8-4-10-6-11-5-8/h2-6H,1H3. The van der Waals surface area contributed by atoms with Crippen molar-refractivity contribution in [1.82, 2.24) is 19.9 Å². The van der Waals surface area contributed by atoms with E-state index in [1.807, 2.05) is 13.0 Å². The van der Waals surface area contributed by atoms with Gasteiger partial charge in [-0.2, -0.15) is 0 Å². The second kappa shape index (κ2) is 3.26. The van der Waals surface area contributed by atoms with Gasteiger partial charge in [0.15, 0.2) is 5.82 Å². The number of rotatable bonds is 1. The third kappa shape index (κ3) is 1.66. The van der Waals surface area contributed by atoms with E-state index in [1.54, 1.807) is 18.6 Å². The molecule has 0 aliphatic rings. The second-order valence-electron chi connectivity index (χ2n) is 2.65. The van der Waals surface area contributed by atoms with Crippen LogP contribution in [0.1, 0.15) is 5.69 Å². The molecular weight excluding hydrogens is 164 g/mol. The van der Waals surface area contributed by atoms with E-state index in [0.29, 0.717) is 5.82 Å². The summed E-state index contributed by atoms with van der Waals surface area (Å²) in [7, 11) is 0. The first-order valence-electron chi connectivity index (χ1n) is 3.91. The normalized spacial score (nSPS) is 9.92. The lowest BCUT2D eigenvalue weighted by atomic mass is 10.3. The Morgan fingerprint density at radius 2 is 1.92 bits per heavy atom. The summed E-state index contributed by atoms with van der Waals surface area (Å²) < 4.78 is 0. The number of nitrogens with zero attached hydrogens (tertiary/aromatic N) is 4. The Morgan fingerprint density at radius 3 is 2.62 bits per heavy atom. The van der Waals surface area contributed by atoms with Crippen LogP contribution in [-0.4, -0.2) is 19.9 Å². The Hall–Kier alpha value is -1.84. The van der Waals surface area contributed by atoms with Gasteiger partial charge in [0.1, 0.15) is 6.33 Å². The molecule has 0 aromatic carbocycles. The summed E-state index contributed by atoms with van der Waals surface area (Å²) in [4.78, 5) is 16.2. The van der Waals surface area contributed by atoms with E-state index in [-0.39, 0.29) is 0 Å². The molecule has 0 radical (unpaired) electrons. The summed E-state index contributed by atoms with van der Waals surface area (Å²) in [5, 5.41) is 0. The molecule has 0 saturated carbocycles. The van der Waals surface area contributed by atoms with Gasteiger partial charge < -0.3 is 0 Å². The van der Waals surface area contributed by atoms with Gasteiger partial charge in [-0.1, -0.05) is 0 Å². The van der Waals surface area contributed by atoms with Gasteiger partial charge in [0.2, 0.25) is 0 Å². The van der Waals surface area contributed by atoms with Crippen LogP contribution in [-0.2, 0) is 0 Å². The third-order valence-electron chi connectivity index (χ3n) is 1.61. The summed E-state index contributed by atoms with van der Waals surface area (Å²) in [5.41, 5.74) is 1.78. The molecule has 0 bridgehead atoms. The van der Waals surface area contributed by atoms with Gasteiger partial charge in [-0.3, -0.25) is 0 Å². The molecule has 0 saturated heterocycles. The zero-order valence-electron chi connectivity index (χ0n) is 7.18. The molecule has 4 heteroatoms. The molecule has 0 aliphatic heterocycles. The monoisotopic (exact) mass is 172 g/mol. The Bertz CT molecular complexity index is 399. The predicted octanol–water partition coefficient (Wildman–Crippen LogP) is 1.24. The lowest BCUT2D eigenvalue weighted by Crippen LogP contribution is -1.91. The summed E-state index contributed by atoms with van der Waals surface area (Å²) in [5.74, 6) is 0.667. The minimum atomic E-state index is 0.667. The first-order valence-corrected chi connectivity index (χ1v) is 3.91. The van der Waals surface area contributed by atoms with E-state index in [0.717, 1.165) is 11.3 Å². The van der Waals surface area contributed by atoms with Gasteiger partial charge >= 0.3 is 0 Å². The molecule has 0 fully saturated rings. The number of aryl methyl sites for hydroxylation is 1. The van der Waals surface area contributed by atoms with Crippen LogP contribution >= 0.6 is 0 Å². The largest absolute Gasteiger partial charge is 0.244 e. The average molecular weight is 172 g/mol. The number of hydrogen-bond acceptors (Lipinski definition) is 4. The molecule has 13 heavy (non-hydrogen) atoms. The van der Waals surface area contributed by atoms with Crippen LogP contribution < -0.4 is 0 Å².